The normalized spacial score (nSPS) is 13.3. The van der Waals surface area contributed by atoms with Crippen LogP contribution in [0.25, 0.3) is 0 Å². The van der Waals surface area contributed by atoms with Gasteiger partial charge in [0.2, 0.25) is 11.8 Å². The van der Waals surface area contributed by atoms with Crippen molar-refractivity contribution in [3.63, 3.8) is 0 Å². The van der Waals surface area contributed by atoms with Crippen molar-refractivity contribution in [1.82, 2.24) is 10.6 Å². The molecule has 0 spiro atoms. The molecular formula is C16H30N4O5. The number of nitrogens with one attached hydrogen (secondary N) is 2. The van der Waals surface area contributed by atoms with E-state index >= 15 is 0 Å². The predicted octanol–water partition coefficient (Wildman–Crippen LogP) is -0.965. The maximum absolute atomic E-state index is 11.6. The molecule has 0 aliphatic heterocycles. The Hall–Kier alpha value is -2.00. The van der Waals surface area contributed by atoms with Crippen molar-refractivity contribution in [2.24, 2.45) is 23.3 Å². The van der Waals surface area contributed by atoms with Crippen LogP contribution in [0.5, 0.6) is 0 Å². The molecule has 0 bridgehead atoms. The first-order valence-electron chi connectivity index (χ1n) is 8.33. The van der Waals surface area contributed by atoms with Crippen LogP contribution in [-0.4, -0.2) is 48.9 Å². The van der Waals surface area contributed by atoms with E-state index in [2.05, 4.69) is 15.4 Å². The third-order valence-corrected chi connectivity index (χ3v) is 3.17. The van der Waals surface area contributed by atoms with Crippen LogP contribution in [0.3, 0.4) is 0 Å². The minimum absolute atomic E-state index is 0.236. The van der Waals surface area contributed by atoms with Gasteiger partial charge in [0, 0.05) is 0 Å². The number of hydrogen-bond donors (Lipinski definition) is 4. The quantitative estimate of drug-likeness (QED) is 0.289. The molecule has 0 saturated carbocycles. The minimum atomic E-state index is -0.934. The SMILES string of the molecule is CC(C)C[C@H](N)C(=O)NCC(=O)OC(=O)CNC(=O)[C@@H](N)CC(C)C. The zero-order chi connectivity index (χ0) is 19.6. The molecule has 0 saturated heterocycles. The second-order valence-corrected chi connectivity index (χ2v) is 6.75. The summed E-state index contributed by atoms with van der Waals surface area (Å²) in [4.78, 5) is 46.3. The van der Waals surface area contributed by atoms with Gasteiger partial charge in [-0.3, -0.25) is 9.59 Å². The van der Waals surface area contributed by atoms with E-state index in [-0.39, 0.29) is 11.8 Å². The Morgan fingerprint density at radius 3 is 1.36 bits per heavy atom. The highest BCUT2D eigenvalue weighted by Crippen LogP contribution is 2.03. The Morgan fingerprint density at radius 1 is 0.760 bits per heavy atom. The van der Waals surface area contributed by atoms with Crippen LogP contribution >= 0.6 is 0 Å². The standard InChI is InChI=1S/C16H30N4O5/c1-9(2)5-11(17)15(23)19-7-13(21)25-14(22)8-20-16(24)12(18)6-10(3)4/h9-12H,5-8,17-18H2,1-4H3,(H,19,23)(H,20,24)/t11-,12-/m0/s1. The van der Waals surface area contributed by atoms with Crippen LogP contribution in [0.4, 0.5) is 0 Å². The largest absolute Gasteiger partial charge is 0.390 e. The topological polar surface area (TPSA) is 154 Å². The Morgan fingerprint density at radius 2 is 1.08 bits per heavy atom. The van der Waals surface area contributed by atoms with E-state index in [0.717, 1.165) is 0 Å². The summed E-state index contributed by atoms with van der Waals surface area (Å²) in [7, 11) is 0. The lowest BCUT2D eigenvalue weighted by atomic mass is 10.0. The first kappa shape index (κ1) is 23.0. The van der Waals surface area contributed by atoms with Crippen molar-refractivity contribution in [3.8, 4) is 0 Å². The molecule has 25 heavy (non-hydrogen) atoms. The first-order valence-corrected chi connectivity index (χ1v) is 8.33. The van der Waals surface area contributed by atoms with Gasteiger partial charge in [-0.2, -0.15) is 0 Å². The Labute approximate surface area is 148 Å². The fourth-order valence-electron chi connectivity index (χ4n) is 2.01. The van der Waals surface area contributed by atoms with Gasteiger partial charge in [-0.1, -0.05) is 27.7 Å². The Kier molecular flexibility index (Phi) is 10.6. The lowest BCUT2D eigenvalue weighted by Crippen LogP contribution is -2.45. The zero-order valence-electron chi connectivity index (χ0n) is 15.3. The summed E-state index contributed by atoms with van der Waals surface area (Å²) in [5, 5.41) is 4.60. The van der Waals surface area contributed by atoms with Crippen molar-refractivity contribution < 1.29 is 23.9 Å². The molecule has 0 rings (SSSR count). The molecule has 6 N–H and O–H groups in total. The highest BCUT2D eigenvalue weighted by Gasteiger charge is 2.19. The Balaban J connectivity index is 4.08. The first-order chi connectivity index (χ1) is 11.5. The molecule has 9 heteroatoms. The molecule has 2 amide bonds. The van der Waals surface area contributed by atoms with Crippen LogP contribution in [-0.2, 0) is 23.9 Å². The number of hydrogen-bond acceptors (Lipinski definition) is 7. The summed E-state index contributed by atoms with van der Waals surface area (Å²) in [6.07, 6.45) is 0.949. The fourth-order valence-corrected chi connectivity index (χ4v) is 2.01. The van der Waals surface area contributed by atoms with Crippen molar-refractivity contribution in [1.29, 1.82) is 0 Å². The van der Waals surface area contributed by atoms with E-state index < -0.39 is 48.9 Å². The lowest BCUT2D eigenvalue weighted by molar-refractivity contribution is -0.159. The zero-order valence-corrected chi connectivity index (χ0v) is 15.3. The molecule has 0 radical (unpaired) electrons. The monoisotopic (exact) mass is 358 g/mol. The van der Waals surface area contributed by atoms with Gasteiger partial charge in [-0.15, -0.1) is 0 Å². The van der Waals surface area contributed by atoms with E-state index in [1.807, 2.05) is 27.7 Å². The van der Waals surface area contributed by atoms with Crippen LogP contribution in [0.1, 0.15) is 40.5 Å². The van der Waals surface area contributed by atoms with Gasteiger partial charge in [0.15, 0.2) is 0 Å². The van der Waals surface area contributed by atoms with Gasteiger partial charge in [0.25, 0.3) is 0 Å². The molecule has 144 valence electrons. The highest BCUT2D eigenvalue weighted by molar-refractivity contribution is 5.92. The van der Waals surface area contributed by atoms with Crippen LogP contribution in [0, 0.1) is 11.8 Å². The van der Waals surface area contributed by atoms with Gasteiger partial charge < -0.3 is 26.8 Å². The molecule has 9 nitrogen and oxygen atoms in total. The predicted molar refractivity (Wildman–Crippen MR) is 92.0 cm³/mol. The van der Waals surface area contributed by atoms with Gasteiger partial charge in [-0.05, 0) is 24.7 Å². The van der Waals surface area contributed by atoms with Crippen molar-refractivity contribution in [2.75, 3.05) is 13.1 Å². The smallest absolute Gasteiger partial charge is 0.333 e. The highest BCUT2D eigenvalue weighted by atomic mass is 16.6. The van der Waals surface area contributed by atoms with Crippen LogP contribution in [0.15, 0.2) is 0 Å². The number of carbonyl (C=O) groups is 4. The lowest BCUT2D eigenvalue weighted by Gasteiger charge is -2.14. The number of nitrogens with two attached hydrogens (primary N) is 2. The molecular weight excluding hydrogens is 328 g/mol. The molecule has 0 aliphatic rings. The van der Waals surface area contributed by atoms with Gasteiger partial charge >= 0.3 is 11.9 Å². The van der Waals surface area contributed by atoms with Crippen molar-refractivity contribution >= 4 is 23.8 Å². The summed E-state index contributed by atoms with van der Waals surface area (Å²) >= 11 is 0. The summed E-state index contributed by atoms with van der Waals surface area (Å²) in [6.45, 7) is 6.72. The van der Waals surface area contributed by atoms with Crippen molar-refractivity contribution in [3.05, 3.63) is 0 Å². The molecule has 2 atom stereocenters. The third kappa shape index (κ3) is 11.2. The van der Waals surface area contributed by atoms with Gasteiger partial charge in [0.05, 0.1) is 12.1 Å². The van der Waals surface area contributed by atoms with Crippen LogP contribution in [0.2, 0.25) is 0 Å². The van der Waals surface area contributed by atoms with E-state index in [1.165, 1.54) is 0 Å². The Bertz CT molecular complexity index is 437. The molecule has 0 aromatic carbocycles. The second-order valence-electron chi connectivity index (χ2n) is 6.75. The number of esters is 2. The van der Waals surface area contributed by atoms with E-state index in [0.29, 0.717) is 12.8 Å². The third-order valence-electron chi connectivity index (χ3n) is 3.17. The summed E-state index contributed by atoms with van der Waals surface area (Å²) in [5.41, 5.74) is 11.3. The van der Waals surface area contributed by atoms with E-state index in [4.69, 9.17) is 11.5 Å². The number of carbonyl (C=O) groups excluding carboxylic acids is 4. The number of amides is 2. The van der Waals surface area contributed by atoms with Crippen molar-refractivity contribution in [2.45, 2.75) is 52.6 Å². The van der Waals surface area contributed by atoms with Gasteiger partial charge in [-0.25, -0.2) is 9.59 Å². The summed E-state index contributed by atoms with van der Waals surface area (Å²) < 4.78 is 4.48. The van der Waals surface area contributed by atoms with Crippen LogP contribution < -0.4 is 22.1 Å². The fraction of sp³-hybridized carbons (Fsp3) is 0.750. The average molecular weight is 358 g/mol. The van der Waals surface area contributed by atoms with E-state index in [1.54, 1.807) is 0 Å². The summed E-state index contributed by atoms with van der Waals surface area (Å²) in [6, 6.07) is -1.46. The van der Waals surface area contributed by atoms with E-state index in [9.17, 15) is 19.2 Å². The molecule has 0 aromatic heterocycles. The summed E-state index contributed by atoms with van der Waals surface area (Å²) in [5.74, 6) is -2.39. The molecule has 0 heterocycles. The van der Waals surface area contributed by atoms with Gasteiger partial charge in [0.1, 0.15) is 13.1 Å². The molecule has 0 unspecified atom stereocenters. The molecule has 0 aliphatic carbocycles. The maximum Gasteiger partial charge on any atom is 0.333 e. The maximum atomic E-state index is 11.6. The number of rotatable bonds is 10. The second kappa shape index (κ2) is 11.5. The molecule has 0 aromatic rings. The number of ether oxygens (including phenoxy) is 1. The molecule has 0 fully saturated rings. The average Bonchev–Trinajstić information content (AvgIpc) is 2.48. The minimum Gasteiger partial charge on any atom is -0.390 e.